The van der Waals surface area contributed by atoms with Gasteiger partial charge in [0.2, 0.25) is 5.95 Å². The lowest BCUT2D eigenvalue weighted by atomic mass is 9.97. The molecule has 6 heteroatoms. The summed E-state index contributed by atoms with van der Waals surface area (Å²) in [5.41, 5.74) is 2.20. The van der Waals surface area contributed by atoms with Crippen LogP contribution < -0.4 is 15.6 Å². The van der Waals surface area contributed by atoms with Crippen LogP contribution >= 0.6 is 11.3 Å². The van der Waals surface area contributed by atoms with E-state index in [4.69, 9.17) is 9.72 Å². The molecule has 0 saturated heterocycles. The van der Waals surface area contributed by atoms with Crippen LogP contribution in [-0.4, -0.2) is 16.2 Å². The molecule has 0 amide bonds. The molecular formula is C21H25N3O2S. The van der Waals surface area contributed by atoms with Gasteiger partial charge in [0, 0.05) is 16.6 Å². The van der Waals surface area contributed by atoms with Crippen molar-refractivity contribution in [2.24, 2.45) is 0 Å². The van der Waals surface area contributed by atoms with Crippen molar-refractivity contribution in [1.29, 1.82) is 0 Å². The van der Waals surface area contributed by atoms with Gasteiger partial charge in [-0.2, -0.15) is 0 Å². The van der Waals surface area contributed by atoms with Gasteiger partial charge in [-0.05, 0) is 76.3 Å². The number of rotatable bonds is 5. The van der Waals surface area contributed by atoms with Crippen molar-refractivity contribution < 1.29 is 4.74 Å². The minimum Gasteiger partial charge on any atom is -0.494 e. The molecule has 0 atom stereocenters. The molecule has 142 valence electrons. The van der Waals surface area contributed by atoms with E-state index in [9.17, 15) is 4.79 Å². The Labute approximate surface area is 163 Å². The van der Waals surface area contributed by atoms with E-state index in [1.54, 1.807) is 15.9 Å². The molecule has 1 aromatic carbocycles. The highest BCUT2D eigenvalue weighted by Crippen LogP contribution is 2.35. The van der Waals surface area contributed by atoms with Crippen LogP contribution in [0.2, 0.25) is 0 Å². The molecule has 0 spiro atoms. The van der Waals surface area contributed by atoms with Crippen molar-refractivity contribution in [3.05, 3.63) is 45.1 Å². The van der Waals surface area contributed by atoms with Gasteiger partial charge >= 0.3 is 0 Å². The monoisotopic (exact) mass is 383 g/mol. The lowest BCUT2D eigenvalue weighted by molar-refractivity contribution is 0.340. The number of ether oxygens (including phenoxy) is 1. The first kappa shape index (κ1) is 18.0. The molecule has 2 aromatic heterocycles. The number of benzene rings is 1. The third kappa shape index (κ3) is 3.34. The standard InChI is InChI=1S/C21H25N3O2S/c1-4-26-15-11-9-14(10-12-15)22-21-23-19-18(20(25)24(21)13(2)3)16-7-5-6-8-17(16)27-19/h9-13H,4-8H2,1-3H3,(H,22,23). The van der Waals surface area contributed by atoms with Crippen molar-refractivity contribution in [2.45, 2.75) is 52.5 Å². The lowest BCUT2D eigenvalue weighted by Crippen LogP contribution is -2.26. The van der Waals surface area contributed by atoms with E-state index >= 15 is 0 Å². The van der Waals surface area contributed by atoms with E-state index in [2.05, 4.69) is 5.32 Å². The average molecular weight is 384 g/mol. The number of fused-ring (bicyclic) bond motifs is 3. The van der Waals surface area contributed by atoms with Gasteiger partial charge in [0.05, 0.1) is 12.0 Å². The van der Waals surface area contributed by atoms with Gasteiger partial charge in [0.15, 0.2) is 0 Å². The lowest BCUT2D eigenvalue weighted by Gasteiger charge is -2.17. The zero-order valence-electron chi connectivity index (χ0n) is 16.0. The van der Waals surface area contributed by atoms with Gasteiger partial charge in [-0.25, -0.2) is 4.98 Å². The molecule has 1 aliphatic rings. The Bertz CT molecular complexity index is 1020. The summed E-state index contributed by atoms with van der Waals surface area (Å²) in [7, 11) is 0. The number of hydrogen-bond acceptors (Lipinski definition) is 5. The fraction of sp³-hybridized carbons (Fsp3) is 0.429. The van der Waals surface area contributed by atoms with E-state index in [0.29, 0.717) is 12.6 Å². The van der Waals surface area contributed by atoms with Gasteiger partial charge < -0.3 is 10.1 Å². The second-order valence-corrected chi connectivity index (χ2v) is 8.26. The Kier molecular flexibility index (Phi) is 4.91. The zero-order valence-corrected chi connectivity index (χ0v) is 16.9. The highest BCUT2D eigenvalue weighted by Gasteiger charge is 2.23. The summed E-state index contributed by atoms with van der Waals surface area (Å²) < 4.78 is 7.28. The van der Waals surface area contributed by atoms with Crippen LogP contribution in [0.5, 0.6) is 5.75 Å². The highest BCUT2D eigenvalue weighted by molar-refractivity contribution is 7.18. The van der Waals surface area contributed by atoms with Crippen LogP contribution in [0.1, 0.15) is 50.1 Å². The maximum atomic E-state index is 13.3. The SMILES string of the molecule is CCOc1ccc(Nc2nc3sc4c(c3c(=O)n2C(C)C)CCCC4)cc1. The average Bonchev–Trinajstić information content (AvgIpc) is 3.02. The molecule has 0 radical (unpaired) electrons. The fourth-order valence-electron chi connectivity index (χ4n) is 3.71. The van der Waals surface area contributed by atoms with Crippen molar-refractivity contribution in [3.63, 3.8) is 0 Å². The highest BCUT2D eigenvalue weighted by atomic mass is 32.1. The molecule has 5 nitrogen and oxygen atoms in total. The first-order valence-electron chi connectivity index (χ1n) is 9.65. The minimum absolute atomic E-state index is 0.0266. The first-order chi connectivity index (χ1) is 13.1. The summed E-state index contributed by atoms with van der Waals surface area (Å²) in [5, 5.41) is 4.17. The van der Waals surface area contributed by atoms with Gasteiger partial charge in [-0.15, -0.1) is 11.3 Å². The number of nitrogens with one attached hydrogen (secondary N) is 1. The molecule has 0 saturated carbocycles. The summed E-state index contributed by atoms with van der Waals surface area (Å²) in [6.45, 7) is 6.66. The van der Waals surface area contributed by atoms with E-state index < -0.39 is 0 Å². The second kappa shape index (κ2) is 7.35. The quantitative estimate of drug-likeness (QED) is 0.669. The summed E-state index contributed by atoms with van der Waals surface area (Å²) in [6, 6.07) is 7.77. The van der Waals surface area contributed by atoms with Crippen LogP contribution in [0.3, 0.4) is 0 Å². The maximum Gasteiger partial charge on any atom is 0.264 e. The number of aryl methyl sites for hydroxylation is 2. The van der Waals surface area contributed by atoms with Gasteiger partial charge in [-0.3, -0.25) is 9.36 Å². The molecule has 4 rings (SSSR count). The van der Waals surface area contributed by atoms with Crippen LogP contribution in [0, 0.1) is 0 Å². The predicted molar refractivity (Wildman–Crippen MR) is 112 cm³/mol. The van der Waals surface area contributed by atoms with Crippen molar-refractivity contribution >= 4 is 33.2 Å². The topological polar surface area (TPSA) is 56.1 Å². The van der Waals surface area contributed by atoms with Crippen LogP contribution in [0.4, 0.5) is 11.6 Å². The minimum atomic E-state index is 0.0266. The molecule has 27 heavy (non-hydrogen) atoms. The van der Waals surface area contributed by atoms with E-state index in [0.717, 1.165) is 40.9 Å². The summed E-state index contributed by atoms with van der Waals surface area (Å²) in [5.74, 6) is 1.43. The number of thiophene rings is 1. The van der Waals surface area contributed by atoms with Crippen molar-refractivity contribution in [3.8, 4) is 5.75 Å². The number of hydrogen-bond donors (Lipinski definition) is 1. The molecule has 1 aliphatic carbocycles. The number of anilines is 2. The molecule has 0 unspecified atom stereocenters. The van der Waals surface area contributed by atoms with Crippen LogP contribution in [-0.2, 0) is 12.8 Å². The third-order valence-electron chi connectivity index (χ3n) is 4.96. The third-order valence-corrected chi connectivity index (χ3v) is 6.14. The van der Waals surface area contributed by atoms with Crippen molar-refractivity contribution in [1.82, 2.24) is 9.55 Å². The maximum absolute atomic E-state index is 13.3. The first-order valence-corrected chi connectivity index (χ1v) is 10.5. The largest absolute Gasteiger partial charge is 0.494 e. The molecular weight excluding hydrogens is 358 g/mol. The normalized spacial score (nSPS) is 13.8. The summed E-state index contributed by atoms with van der Waals surface area (Å²) >= 11 is 1.68. The Hall–Kier alpha value is -2.34. The fourth-order valence-corrected chi connectivity index (χ4v) is 4.97. The smallest absolute Gasteiger partial charge is 0.264 e. The molecule has 1 N–H and O–H groups in total. The van der Waals surface area contributed by atoms with Crippen molar-refractivity contribution in [2.75, 3.05) is 11.9 Å². The van der Waals surface area contributed by atoms with Crippen LogP contribution in [0.25, 0.3) is 10.2 Å². The molecule has 0 bridgehead atoms. The Balaban J connectivity index is 1.79. The number of aromatic nitrogens is 2. The molecule has 2 heterocycles. The molecule has 3 aromatic rings. The summed E-state index contributed by atoms with van der Waals surface area (Å²) in [6.07, 6.45) is 4.43. The van der Waals surface area contributed by atoms with Gasteiger partial charge in [0.1, 0.15) is 10.6 Å². The predicted octanol–water partition coefficient (Wildman–Crippen LogP) is 5.06. The van der Waals surface area contributed by atoms with E-state index in [-0.39, 0.29) is 11.6 Å². The van der Waals surface area contributed by atoms with E-state index in [1.807, 2.05) is 45.0 Å². The van der Waals surface area contributed by atoms with Gasteiger partial charge in [0.25, 0.3) is 5.56 Å². The zero-order chi connectivity index (χ0) is 19.0. The number of nitrogens with zero attached hydrogens (tertiary/aromatic N) is 2. The Morgan fingerprint density at radius 2 is 1.96 bits per heavy atom. The Morgan fingerprint density at radius 3 is 2.67 bits per heavy atom. The van der Waals surface area contributed by atoms with Crippen LogP contribution in [0.15, 0.2) is 29.1 Å². The summed E-state index contributed by atoms with van der Waals surface area (Å²) in [4.78, 5) is 20.4. The van der Waals surface area contributed by atoms with E-state index in [1.165, 1.54) is 16.9 Å². The second-order valence-electron chi connectivity index (χ2n) is 7.18. The molecule has 0 aliphatic heterocycles. The van der Waals surface area contributed by atoms with Gasteiger partial charge in [-0.1, -0.05) is 0 Å². The Morgan fingerprint density at radius 1 is 1.22 bits per heavy atom. The molecule has 0 fully saturated rings.